The maximum absolute atomic E-state index is 13.1. The Labute approximate surface area is 225 Å². The molecule has 0 aliphatic heterocycles. The Morgan fingerprint density at radius 2 is 1.68 bits per heavy atom. The molecule has 188 valence electrons. The number of pyridine rings is 1. The fourth-order valence-corrected chi connectivity index (χ4v) is 4.19. The lowest BCUT2D eigenvalue weighted by atomic mass is 10.0. The van der Waals surface area contributed by atoms with Gasteiger partial charge >= 0.3 is 0 Å². The van der Waals surface area contributed by atoms with Crippen LogP contribution in [0.4, 0.5) is 0 Å². The Kier molecular flexibility index (Phi) is 7.62. The van der Waals surface area contributed by atoms with E-state index in [1.165, 1.54) is 0 Å². The topological polar surface area (TPSA) is 72.8 Å². The smallest absolute Gasteiger partial charge is 0.272 e. The zero-order valence-electron chi connectivity index (χ0n) is 20.6. The first-order valence-corrected chi connectivity index (χ1v) is 12.3. The standard InChI is InChI=1S/C31H24ClN3O3/c1-37-30-17-21(15-16-29(30)38-20-23-11-5-7-13-26(23)32)19-33-35-31(36)25-18-28(22-9-3-2-4-10-22)34-27-14-8-6-12-24(25)27/h2-19H,20H2,1H3,(H,35,36)/b33-19+. The van der Waals surface area contributed by atoms with E-state index in [9.17, 15) is 4.79 Å². The van der Waals surface area contributed by atoms with E-state index in [-0.39, 0.29) is 5.91 Å². The van der Waals surface area contributed by atoms with Gasteiger partial charge in [-0.25, -0.2) is 10.4 Å². The molecule has 5 rings (SSSR count). The predicted molar refractivity (Wildman–Crippen MR) is 151 cm³/mol. The average Bonchev–Trinajstić information content (AvgIpc) is 2.97. The summed E-state index contributed by atoms with van der Waals surface area (Å²) in [5.41, 5.74) is 7.13. The zero-order chi connectivity index (χ0) is 26.3. The second kappa shape index (κ2) is 11.6. The molecule has 7 heteroatoms. The SMILES string of the molecule is COc1cc(/C=N/NC(=O)c2cc(-c3ccccc3)nc3ccccc23)ccc1OCc1ccccc1Cl. The molecule has 4 aromatic carbocycles. The fourth-order valence-electron chi connectivity index (χ4n) is 4.00. The van der Waals surface area contributed by atoms with Crippen molar-refractivity contribution in [1.29, 1.82) is 0 Å². The van der Waals surface area contributed by atoms with Crippen LogP contribution in [0.3, 0.4) is 0 Å². The van der Waals surface area contributed by atoms with Gasteiger partial charge in [0, 0.05) is 21.5 Å². The summed E-state index contributed by atoms with van der Waals surface area (Å²) in [6.07, 6.45) is 1.56. The number of rotatable bonds is 8. The Morgan fingerprint density at radius 3 is 2.50 bits per heavy atom. The van der Waals surface area contributed by atoms with Gasteiger partial charge in [0.05, 0.1) is 30.1 Å². The summed E-state index contributed by atoms with van der Waals surface area (Å²) < 4.78 is 11.4. The predicted octanol–water partition coefficient (Wildman–Crippen LogP) is 6.91. The van der Waals surface area contributed by atoms with Crippen LogP contribution in [0.1, 0.15) is 21.5 Å². The van der Waals surface area contributed by atoms with Gasteiger partial charge in [-0.3, -0.25) is 4.79 Å². The maximum Gasteiger partial charge on any atom is 0.272 e. The van der Waals surface area contributed by atoms with Crippen LogP contribution in [-0.2, 0) is 6.61 Å². The van der Waals surface area contributed by atoms with Gasteiger partial charge in [0.25, 0.3) is 5.91 Å². The van der Waals surface area contributed by atoms with E-state index in [2.05, 4.69) is 10.5 Å². The minimum atomic E-state index is -0.330. The summed E-state index contributed by atoms with van der Waals surface area (Å²) in [7, 11) is 1.57. The highest BCUT2D eigenvalue weighted by Gasteiger charge is 2.14. The Bertz CT molecular complexity index is 1620. The normalized spacial score (nSPS) is 11.0. The van der Waals surface area contributed by atoms with Crippen LogP contribution in [0, 0.1) is 0 Å². The third-order valence-corrected chi connectivity index (χ3v) is 6.31. The average molecular weight is 522 g/mol. The van der Waals surface area contributed by atoms with Gasteiger partial charge in [-0.15, -0.1) is 0 Å². The van der Waals surface area contributed by atoms with Crippen molar-refractivity contribution in [1.82, 2.24) is 10.4 Å². The van der Waals surface area contributed by atoms with Crippen LogP contribution in [0.5, 0.6) is 11.5 Å². The second-order valence-electron chi connectivity index (χ2n) is 8.43. The third-order valence-electron chi connectivity index (χ3n) is 5.94. The highest BCUT2D eigenvalue weighted by Crippen LogP contribution is 2.29. The molecule has 1 aromatic heterocycles. The molecule has 38 heavy (non-hydrogen) atoms. The van der Waals surface area contributed by atoms with E-state index in [0.29, 0.717) is 28.7 Å². The van der Waals surface area contributed by atoms with Crippen molar-refractivity contribution in [3.63, 3.8) is 0 Å². The van der Waals surface area contributed by atoms with Gasteiger partial charge in [-0.1, -0.05) is 78.3 Å². The summed E-state index contributed by atoms with van der Waals surface area (Å²) in [6, 6.07) is 32.0. The largest absolute Gasteiger partial charge is 0.493 e. The number of carbonyl (C=O) groups is 1. The molecule has 1 N–H and O–H groups in total. The number of fused-ring (bicyclic) bond motifs is 1. The molecule has 1 amide bonds. The lowest BCUT2D eigenvalue weighted by Gasteiger charge is -2.12. The zero-order valence-corrected chi connectivity index (χ0v) is 21.4. The number of aromatic nitrogens is 1. The van der Waals surface area contributed by atoms with E-state index in [0.717, 1.165) is 33.3 Å². The second-order valence-corrected chi connectivity index (χ2v) is 8.83. The number of amides is 1. The monoisotopic (exact) mass is 521 g/mol. The molecule has 0 unspecified atom stereocenters. The minimum Gasteiger partial charge on any atom is -0.493 e. The summed E-state index contributed by atoms with van der Waals surface area (Å²) in [6.45, 7) is 0.310. The van der Waals surface area contributed by atoms with Crippen LogP contribution in [-0.4, -0.2) is 24.2 Å². The molecule has 0 radical (unpaired) electrons. The van der Waals surface area contributed by atoms with Gasteiger partial charge in [-0.2, -0.15) is 5.10 Å². The molecule has 0 atom stereocenters. The van der Waals surface area contributed by atoms with Crippen LogP contribution >= 0.6 is 11.6 Å². The number of methoxy groups -OCH3 is 1. The van der Waals surface area contributed by atoms with E-state index in [1.54, 1.807) is 31.5 Å². The first-order chi connectivity index (χ1) is 18.6. The maximum atomic E-state index is 13.1. The highest BCUT2D eigenvalue weighted by atomic mass is 35.5. The van der Waals surface area contributed by atoms with Gasteiger partial charge in [0.15, 0.2) is 11.5 Å². The van der Waals surface area contributed by atoms with E-state index >= 15 is 0 Å². The molecule has 0 fully saturated rings. The fraction of sp³-hybridized carbons (Fsp3) is 0.0645. The summed E-state index contributed by atoms with van der Waals surface area (Å²) in [5.74, 6) is 0.786. The molecule has 0 spiro atoms. The van der Waals surface area contributed by atoms with E-state index in [1.807, 2.05) is 84.9 Å². The van der Waals surface area contributed by atoms with Crippen LogP contribution in [0.25, 0.3) is 22.2 Å². The summed E-state index contributed by atoms with van der Waals surface area (Å²) in [5, 5.41) is 5.57. The van der Waals surface area contributed by atoms with Gasteiger partial charge in [0.2, 0.25) is 0 Å². The third kappa shape index (κ3) is 5.66. The van der Waals surface area contributed by atoms with Crippen molar-refractivity contribution in [3.8, 4) is 22.8 Å². The van der Waals surface area contributed by atoms with Crippen molar-refractivity contribution in [3.05, 3.63) is 125 Å². The molecule has 5 aromatic rings. The van der Waals surface area contributed by atoms with Gasteiger partial charge in [0.1, 0.15) is 6.61 Å². The number of hydrazone groups is 1. The number of para-hydroxylation sites is 1. The quantitative estimate of drug-likeness (QED) is 0.178. The van der Waals surface area contributed by atoms with Crippen LogP contribution < -0.4 is 14.9 Å². The Morgan fingerprint density at radius 1 is 0.921 bits per heavy atom. The van der Waals surface area contributed by atoms with E-state index < -0.39 is 0 Å². The molecular weight excluding hydrogens is 498 g/mol. The van der Waals surface area contributed by atoms with Crippen LogP contribution in [0.15, 0.2) is 108 Å². The Hall–Kier alpha value is -4.68. The van der Waals surface area contributed by atoms with E-state index in [4.69, 9.17) is 26.1 Å². The lowest BCUT2D eigenvalue weighted by molar-refractivity contribution is 0.0956. The molecule has 0 saturated carbocycles. The number of nitrogens with zero attached hydrogens (tertiary/aromatic N) is 2. The van der Waals surface area contributed by atoms with Gasteiger partial charge in [-0.05, 0) is 42.0 Å². The number of benzene rings is 4. The number of hydrogen-bond donors (Lipinski definition) is 1. The van der Waals surface area contributed by atoms with Gasteiger partial charge < -0.3 is 9.47 Å². The van der Waals surface area contributed by atoms with Crippen molar-refractivity contribution in [2.24, 2.45) is 5.10 Å². The summed E-state index contributed by atoms with van der Waals surface area (Å²) >= 11 is 6.22. The molecule has 1 heterocycles. The van der Waals surface area contributed by atoms with Crippen molar-refractivity contribution in [2.75, 3.05) is 7.11 Å². The molecule has 0 bridgehead atoms. The molecular formula is C31H24ClN3O3. The van der Waals surface area contributed by atoms with Crippen molar-refractivity contribution >= 4 is 34.6 Å². The number of halogens is 1. The Balaban J connectivity index is 1.32. The first-order valence-electron chi connectivity index (χ1n) is 12.0. The molecule has 0 saturated heterocycles. The number of carbonyl (C=O) groups excluding carboxylic acids is 1. The number of hydrogen-bond acceptors (Lipinski definition) is 5. The van der Waals surface area contributed by atoms with Crippen molar-refractivity contribution in [2.45, 2.75) is 6.61 Å². The summed E-state index contributed by atoms with van der Waals surface area (Å²) in [4.78, 5) is 17.9. The number of ether oxygens (including phenoxy) is 2. The lowest BCUT2D eigenvalue weighted by Crippen LogP contribution is -2.18. The first kappa shape index (κ1) is 25.0. The van der Waals surface area contributed by atoms with Crippen molar-refractivity contribution < 1.29 is 14.3 Å². The molecule has 6 nitrogen and oxygen atoms in total. The van der Waals surface area contributed by atoms with Crippen LogP contribution in [0.2, 0.25) is 5.02 Å². The molecule has 0 aliphatic carbocycles. The number of nitrogens with one attached hydrogen (secondary N) is 1. The molecule has 0 aliphatic rings. The minimum absolute atomic E-state index is 0.310. The highest BCUT2D eigenvalue weighted by molar-refractivity contribution is 6.31.